The number of nitrogens with zero attached hydrogens (tertiary/aromatic N) is 4. The first kappa shape index (κ1) is 20.1. The van der Waals surface area contributed by atoms with Gasteiger partial charge in [0.25, 0.3) is 0 Å². The van der Waals surface area contributed by atoms with E-state index in [4.69, 9.17) is 0 Å². The molecule has 0 bridgehead atoms. The Morgan fingerprint density at radius 1 is 1.19 bits per heavy atom. The van der Waals surface area contributed by atoms with Gasteiger partial charge < -0.3 is 9.80 Å². The molecule has 0 spiro atoms. The predicted octanol–water partition coefficient (Wildman–Crippen LogP) is 1.40. The molecule has 0 radical (unpaired) electrons. The first-order valence-corrected chi connectivity index (χ1v) is 11.6. The summed E-state index contributed by atoms with van der Waals surface area (Å²) in [4.78, 5) is 23.3. The summed E-state index contributed by atoms with van der Waals surface area (Å²) < 4.78 is 24.0. The first-order chi connectivity index (χ1) is 12.9. The number of likely N-dealkylation sites (N-methyl/N-ethyl adjacent to an activating group) is 1. The van der Waals surface area contributed by atoms with E-state index in [0.29, 0.717) is 31.5 Å². The van der Waals surface area contributed by atoms with E-state index in [1.165, 1.54) is 25.5 Å². The van der Waals surface area contributed by atoms with Gasteiger partial charge in [-0.15, -0.1) is 0 Å². The van der Waals surface area contributed by atoms with Gasteiger partial charge in [0.1, 0.15) is 10.7 Å². The predicted molar refractivity (Wildman–Crippen MR) is 106 cm³/mol. The van der Waals surface area contributed by atoms with Crippen molar-refractivity contribution in [1.29, 1.82) is 0 Å². The highest BCUT2D eigenvalue weighted by Gasteiger charge is 2.27. The lowest BCUT2D eigenvalue weighted by Crippen LogP contribution is -2.51. The molecule has 27 heavy (non-hydrogen) atoms. The fraction of sp³-hybridized carbons (Fsp3) is 0.684. The average Bonchev–Trinajstić information content (AvgIpc) is 2.68. The molecular weight excluding hydrogens is 364 g/mol. The summed E-state index contributed by atoms with van der Waals surface area (Å²) in [5, 5.41) is 0. The topological polar surface area (TPSA) is 73.8 Å². The zero-order chi connectivity index (χ0) is 19.4. The monoisotopic (exact) mass is 394 g/mol. The van der Waals surface area contributed by atoms with Crippen molar-refractivity contribution in [2.24, 2.45) is 0 Å². The van der Waals surface area contributed by atoms with E-state index in [-0.39, 0.29) is 10.8 Å². The van der Waals surface area contributed by atoms with Crippen molar-refractivity contribution in [2.75, 3.05) is 50.9 Å². The number of rotatable bonds is 5. The molecule has 1 amide bonds. The molecule has 1 aromatic rings. The smallest absolute Gasteiger partial charge is 0.236 e. The number of anilines is 1. The van der Waals surface area contributed by atoms with Crippen LogP contribution in [-0.4, -0.2) is 81.2 Å². The number of amides is 1. The van der Waals surface area contributed by atoms with Crippen molar-refractivity contribution in [3.63, 3.8) is 0 Å². The van der Waals surface area contributed by atoms with Crippen LogP contribution in [0, 0.1) is 0 Å². The van der Waals surface area contributed by atoms with Crippen molar-refractivity contribution in [2.45, 2.75) is 43.0 Å². The van der Waals surface area contributed by atoms with Crippen LogP contribution in [0.1, 0.15) is 32.1 Å². The minimum atomic E-state index is -3.32. The summed E-state index contributed by atoms with van der Waals surface area (Å²) in [6, 6.07) is 3.64. The zero-order valence-corrected chi connectivity index (χ0v) is 17.1. The number of hydrogen-bond acceptors (Lipinski definition) is 6. The van der Waals surface area contributed by atoms with Gasteiger partial charge in [-0.1, -0.05) is 19.3 Å². The quantitative estimate of drug-likeness (QED) is 0.752. The number of aromatic nitrogens is 1. The molecule has 1 aliphatic carbocycles. The van der Waals surface area contributed by atoms with Crippen LogP contribution in [0.25, 0.3) is 0 Å². The van der Waals surface area contributed by atoms with E-state index >= 15 is 0 Å². The van der Waals surface area contributed by atoms with Gasteiger partial charge >= 0.3 is 0 Å². The number of carbonyl (C=O) groups excluding carboxylic acids is 1. The van der Waals surface area contributed by atoms with Crippen molar-refractivity contribution in [1.82, 2.24) is 14.8 Å². The molecule has 2 fully saturated rings. The summed E-state index contributed by atoms with van der Waals surface area (Å²) in [6.07, 6.45) is 8.78. The van der Waals surface area contributed by atoms with E-state index in [0.717, 1.165) is 25.9 Å². The fourth-order valence-electron chi connectivity index (χ4n) is 4.00. The van der Waals surface area contributed by atoms with Crippen LogP contribution in [0.3, 0.4) is 0 Å². The van der Waals surface area contributed by atoms with E-state index in [1.807, 2.05) is 16.8 Å². The number of piperazine rings is 1. The summed E-state index contributed by atoms with van der Waals surface area (Å²) in [6.45, 7) is 3.22. The number of hydrogen-bond donors (Lipinski definition) is 0. The zero-order valence-electron chi connectivity index (χ0n) is 16.3. The number of pyridine rings is 1. The highest BCUT2D eigenvalue weighted by atomic mass is 32.2. The van der Waals surface area contributed by atoms with Crippen LogP contribution in [-0.2, 0) is 14.6 Å². The average molecular weight is 395 g/mol. The van der Waals surface area contributed by atoms with Gasteiger partial charge in [0.05, 0.1) is 6.54 Å². The molecule has 150 valence electrons. The van der Waals surface area contributed by atoms with Crippen molar-refractivity contribution in [3.05, 3.63) is 18.3 Å². The third-order valence-electron chi connectivity index (χ3n) is 5.70. The summed E-state index contributed by atoms with van der Waals surface area (Å²) >= 11 is 0. The van der Waals surface area contributed by atoms with Gasteiger partial charge in [0.2, 0.25) is 5.91 Å². The molecule has 0 aromatic carbocycles. The maximum absolute atomic E-state index is 12.6. The molecular formula is C19H30N4O3S. The minimum absolute atomic E-state index is 0.185. The second kappa shape index (κ2) is 8.56. The van der Waals surface area contributed by atoms with Crippen LogP contribution in [0.5, 0.6) is 0 Å². The van der Waals surface area contributed by atoms with E-state index < -0.39 is 9.84 Å². The minimum Gasteiger partial charge on any atom is -0.353 e. The van der Waals surface area contributed by atoms with Crippen LogP contribution in [0.2, 0.25) is 0 Å². The van der Waals surface area contributed by atoms with Crippen molar-refractivity contribution < 1.29 is 13.2 Å². The molecule has 0 N–H and O–H groups in total. The van der Waals surface area contributed by atoms with Gasteiger partial charge in [-0.25, -0.2) is 13.4 Å². The Morgan fingerprint density at radius 2 is 1.85 bits per heavy atom. The molecule has 3 rings (SSSR count). The van der Waals surface area contributed by atoms with Gasteiger partial charge in [-0.3, -0.25) is 9.69 Å². The van der Waals surface area contributed by atoms with Crippen LogP contribution >= 0.6 is 0 Å². The summed E-state index contributed by atoms with van der Waals surface area (Å²) in [5.74, 6) is 0.704. The summed E-state index contributed by atoms with van der Waals surface area (Å²) in [5.41, 5.74) is 0. The molecule has 8 heteroatoms. The maximum atomic E-state index is 12.6. The van der Waals surface area contributed by atoms with Gasteiger partial charge in [-0.05, 0) is 25.0 Å². The highest BCUT2D eigenvalue weighted by Crippen LogP contribution is 2.24. The number of carbonyl (C=O) groups is 1. The van der Waals surface area contributed by atoms with Gasteiger partial charge in [0, 0.05) is 51.7 Å². The van der Waals surface area contributed by atoms with Crippen molar-refractivity contribution in [3.8, 4) is 0 Å². The Balaban J connectivity index is 1.56. The Hall–Kier alpha value is -1.67. The van der Waals surface area contributed by atoms with Crippen LogP contribution < -0.4 is 4.90 Å². The van der Waals surface area contributed by atoms with Gasteiger partial charge in [0.15, 0.2) is 9.84 Å². The Labute approximate surface area is 162 Å². The molecule has 1 saturated heterocycles. The van der Waals surface area contributed by atoms with E-state index in [1.54, 1.807) is 18.3 Å². The third-order valence-corrected chi connectivity index (χ3v) is 6.81. The van der Waals surface area contributed by atoms with Crippen molar-refractivity contribution >= 4 is 21.6 Å². The molecule has 7 nitrogen and oxygen atoms in total. The Bertz CT molecular complexity index is 754. The Morgan fingerprint density at radius 3 is 2.48 bits per heavy atom. The second-order valence-electron chi connectivity index (χ2n) is 7.66. The second-order valence-corrected chi connectivity index (χ2v) is 9.64. The lowest BCUT2D eigenvalue weighted by atomic mass is 9.94. The summed E-state index contributed by atoms with van der Waals surface area (Å²) in [7, 11) is -1.39. The first-order valence-electron chi connectivity index (χ1n) is 9.74. The normalized spacial score (nSPS) is 19.9. The molecule has 2 aliphatic rings. The fourth-order valence-corrected chi connectivity index (χ4v) is 4.84. The third kappa shape index (κ3) is 4.99. The van der Waals surface area contributed by atoms with E-state index in [9.17, 15) is 13.2 Å². The Kier molecular flexibility index (Phi) is 6.37. The standard InChI is InChI=1S/C19H30N4O3S/c1-21(16-7-4-3-5-8-16)18(24)15-22-11-13-23(14-12-22)19-17(27(2,25)26)9-6-10-20-19/h6,9-10,16H,3-5,7-8,11-15H2,1-2H3. The number of sulfone groups is 1. The molecule has 2 heterocycles. The van der Waals surface area contributed by atoms with Crippen LogP contribution in [0.4, 0.5) is 5.82 Å². The lowest BCUT2D eigenvalue weighted by molar-refractivity contribution is -0.133. The molecule has 0 unspecified atom stereocenters. The highest BCUT2D eigenvalue weighted by molar-refractivity contribution is 7.90. The SMILES string of the molecule is CN(C(=O)CN1CCN(c2ncccc2S(C)(=O)=O)CC1)C1CCCCC1. The van der Waals surface area contributed by atoms with Gasteiger partial charge in [-0.2, -0.15) is 0 Å². The lowest BCUT2D eigenvalue weighted by Gasteiger charge is -2.37. The molecule has 1 aromatic heterocycles. The largest absolute Gasteiger partial charge is 0.353 e. The maximum Gasteiger partial charge on any atom is 0.236 e. The molecule has 0 atom stereocenters. The molecule has 1 saturated carbocycles. The molecule has 1 aliphatic heterocycles. The van der Waals surface area contributed by atoms with E-state index in [2.05, 4.69) is 9.88 Å². The van der Waals surface area contributed by atoms with Crippen LogP contribution in [0.15, 0.2) is 23.2 Å².